The molecule has 0 unspecified atom stereocenters. The highest BCUT2D eigenvalue weighted by Crippen LogP contribution is 2.03. The first kappa shape index (κ1) is 9.80. The minimum atomic E-state index is -0.720. The summed E-state index contributed by atoms with van der Waals surface area (Å²) in [5.41, 5.74) is 0. The maximum atomic E-state index is 10.1. The van der Waals surface area contributed by atoms with E-state index in [0.29, 0.717) is 0 Å². The van der Waals surface area contributed by atoms with E-state index in [2.05, 4.69) is 10.3 Å². The van der Waals surface area contributed by atoms with Crippen LogP contribution in [0.25, 0.3) is 0 Å². The van der Waals surface area contributed by atoms with E-state index in [1.165, 1.54) is 0 Å². The fraction of sp³-hybridized carbons (Fsp3) is 0.444. The molecule has 4 nitrogen and oxygen atoms in total. The van der Waals surface area contributed by atoms with E-state index in [-0.39, 0.29) is 6.04 Å². The highest BCUT2D eigenvalue weighted by molar-refractivity contribution is 5.73. The van der Waals surface area contributed by atoms with Crippen molar-refractivity contribution in [3.63, 3.8) is 0 Å². The molecule has 2 heterocycles. The van der Waals surface area contributed by atoms with Crippen LogP contribution in [0.15, 0.2) is 24.5 Å². The molecule has 1 aromatic heterocycles. The van der Waals surface area contributed by atoms with Crippen LogP contribution in [0.1, 0.15) is 12.8 Å². The summed E-state index contributed by atoms with van der Waals surface area (Å²) in [6, 6.07) is 3.62. The molecule has 0 saturated carbocycles. The summed E-state index contributed by atoms with van der Waals surface area (Å²) in [5.74, 6) is -0.720. The fourth-order valence-electron chi connectivity index (χ4n) is 1.17. The number of aliphatic carboxylic acids is 1. The Labute approximate surface area is 77.0 Å². The Balaban J connectivity index is 0.000000145. The van der Waals surface area contributed by atoms with Crippen molar-refractivity contribution in [2.75, 3.05) is 6.54 Å². The third-order valence-corrected chi connectivity index (χ3v) is 1.85. The number of carbonyl (C=O) groups is 1. The van der Waals surface area contributed by atoms with E-state index in [9.17, 15) is 4.79 Å². The molecule has 3 N–H and O–H groups in total. The monoisotopic (exact) mass is 182 g/mol. The number of nitrogens with one attached hydrogen (secondary N) is 2. The number of carboxylic acids is 1. The molecular formula is C9H14N2O2. The van der Waals surface area contributed by atoms with Gasteiger partial charge in [-0.05, 0) is 31.5 Å². The van der Waals surface area contributed by atoms with Crippen LogP contribution >= 0.6 is 0 Å². The van der Waals surface area contributed by atoms with Crippen LogP contribution in [0.5, 0.6) is 0 Å². The minimum Gasteiger partial charge on any atom is -0.480 e. The van der Waals surface area contributed by atoms with Crippen molar-refractivity contribution < 1.29 is 9.90 Å². The first-order chi connectivity index (χ1) is 6.30. The van der Waals surface area contributed by atoms with Gasteiger partial charge in [-0.25, -0.2) is 0 Å². The molecule has 0 aliphatic carbocycles. The number of hydrogen-bond acceptors (Lipinski definition) is 2. The average Bonchev–Trinajstić information content (AvgIpc) is 2.82. The van der Waals surface area contributed by atoms with Crippen molar-refractivity contribution in [1.29, 1.82) is 0 Å². The Morgan fingerprint density at radius 2 is 2.08 bits per heavy atom. The van der Waals surface area contributed by atoms with Crippen LogP contribution in [-0.2, 0) is 4.79 Å². The van der Waals surface area contributed by atoms with Gasteiger partial charge in [0.25, 0.3) is 0 Å². The van der Waals surface area contributed by atoms with Crippen molar-refractivity contribution in [1.82, 2.24) is 10.3 Å². The molecule has 0 bridgehead atoms. The van der Waals surface area contributed by atoms with Crippen molar-refractivity contribution in [3.8, 4) is 0 Å². The summed E-state index contributed by atoms with van der Waals surface area (Å²) in [5, 5.41) is 11.2. The number of aromatic nitrogens is 1. The molecule has 1 fully saturated rings. The highest BCUT2D eigenvalue weighted by atomic mass is 16.4. The molecule has 1 aliphatic heterocycles. The molecule has 1 aliphatic rings. The van der Waals surface area contributed by atoms with Crippen LogP contribution in [0.4, 0.5) is 0 Å². The van der Waals surface area contributed by atoms with Gasteiger partial charge in [0.15, 0.2) is 0 Å². The van der Waals surface area contributed by atoms with Gasteiger partial charge in [0.2, 0.25) is 0 Å². The molecule has 0 amide bonds. The topological polar surface area (TPSA) is 65.1 Å². The van der Waals surface area contributed by atoms with Gasteiger partial charge in [0.1, 0.15) is 6.04 Å². The zero-order valence-electron chi connectivity index (χ0n) is 7.36. The smallest absolute Gasteiger partial charge is 0.320 e. The van der Waals surface area contributed by atoms with E-state index >= 15 is 0 Å². The van der Waals surface area contributed by atoms with E-state index in [4.69, 9.17) is 5.11 Å². The maximum absolute atomic E-state index is 10.1. The van der Waals surface area contributed by atoms with Gasteiger partial charge in [-0.2, -0.15) is 0 Å². The molecule has 4 heteroatoms. The van der Waals surface area contributed by atoms with Crippen LogP contribution in [-0.4, -0.2) is 28.6 Å². The first-order valence-corrected chi connectivity index (χ1v) is 4.34. The number of hydrogen-bond donors (Lipinski definition) is 3. The molecule has 1 aromatic rings. The average molecular weight is 182 g/mol. The van der Waals surface area contributed by atoms with Gasteiger partial charge in [0.05, 0.1) is 0 Å². The minimum absolute atomic E-state index is 0.269. The lowest BCUT2D eigenvalue weighted by Gasteiger charge is -1.99. The molecular weight excluding hydrogens is 168 g/mol. The summed E-state index contributed by atoms with van der Waals surface area (Å²) < 4.78 is 0. The van der Waals surface area contributed by atoms with Crippen LogP contribution < -0.4 is 5.32 Å². The number of carboxylic acid groups (broad SMARTS) is 1. The second kappa shape index (κ2) is 5.37. The number of H-pyrrole nitrogens is 1. The predicted octanol–water partition coefficient (Wildman–Crippen LogP) is 0.838. The molecule has 0 spiro atoms. The molecule has 0 radical (unpaired) electrons. The van der Waals surface area contributed by atoms with E-state index in [0.717, 1.165) is 19.4 Å². The summed E-state index contributed by atoms with van der Waals surface area (Å²) in [4.78, 5) is 13.0. The van der Waals surface area contributed by atoms with Crippen molar-refractivity contribution in [2.45, 2.75) is 18.9 Å². The maximum Gasteiger partial charge on any atom is 0.320 e. The lowest BCUT2D eigenvalue weighted by molar-refractivity contribution is -0.139. The van der Waals surface area contributed by atoms with Crippen molar-refractivity contribution in [3.05, 3.63) is 24.5 Å². The van der Waals surface area contributed by atoms with Crippen molar-refractivity contribution in [2.24, 2.45) is 0 Å². The molecule has 1 atom stereocenters. The second-order valence-electron chi connectivity index (χ2n) is 2.87. The molecule has 72 valence electrons. The molecule has 2 rings (SSSR count). The van der Waals surface area contributed by atoms with Crippen LogP contribution in [0.3, 0.4) is 0 Å². The quantitative estimate of drug-likeness (QED) is 0.603. The fourth-order valence-corrected chi connectivity index (χ4v) is 1.17. The summed E-state index contributed by atoms with van der Waals surface area (Å²) in [6.07, 6.45) is 5.53. The molecule has 13 heavy (non-hydrogen) atoms. The Bertz CT molecular complexity index is 211. The zero-order valence-corrected chi connectivity index (χ0v) is 7.36. The highest BCUT2D eigenvalue weighted by Gasteiger charge is 2.20. The van der Waals surface area contributed by atoms with Gasteiger partial charge >= 0.3 is 5.97 Å². The predicted molar refractivity (Wildman–Crippen MR) is 49.5 cm³/mol. The van der Waals surface area contributed by atoms with Crippen LogP contribution in [0.2, 0.25) is 0 Å². The van der Waals surface area contributed by atoms with E-state index < -0.39 is 5.97 Å². The van der Waals surface area contributed by atoms with E-state index in [1.807, 2.05) is 24.5 Å². The Morgan fingerprint density at radius 3 is 2.31 bits per heavy atom. The largest absolute Gasteiger partial charge is 0.480 e. The first-order valence-electron chi connectivity index (χ1n) is 4.34. The summed E-state index contributed by atoms with van der Waals surface area (Å²) in [7, 11) is 0. The van der Waals surface area contributed by atoms with Gasteiger partial charge in [-0.1, -0.05) is 0 Å². The van der Waals surface area contributed by atoms with Gasteiger partial charge in [-0.15, -0.1) is 0 Å². The van der Waals surface area contributed by atoms with Gasteiger partial charge < -0.3 is 15.4 Å². The van der Waals surface area contributed by atoms with Gasteiger partial charge in [-0.3, -0.25) is 4.79 Å². The Kier molecular flexibility index (Phi) is 4.05. The third kappa shape index (κ3) is 3.75. The number of rotatable bonds is 1. The third-order valence-electron chi connectivity index (χ3n) is 1.85. The standard InChI is InChI=1S/C5H9NO2.C4H5N/c7-5(8)4-2-1-3-6-4;1-2-4-5-3-1/h4,6H,1-3H2,(H,7,8);1-5H/t4-;/m0./s1. The lowest BCUT2D eigenvalue weighted by atomic mass is 10.2. The summed E-state index contributed by atoms with van der Waals surface area (Å²) >= 11 is 0. The van der Waals surface area contributed by atoms with E-state index in [1.54, 1.807) is 0 Å². The Morgan fingerprint density at radius 1 is 1.38 bits per heavy atom. The van der Waals surface area contributed by atoms with Crippen LogP contribution in [0, 0.1) is 0 Å². The summed E-state index contributed by atoms with van der Waals surface area (Å²) in [6.45, 7) is 0.858. The second-order valence-corrected chi connectivity index (χ2v) is 2.87. The molecule has 1 saturated heterocycles. The Hall–Kier alpha value is -1.29. The van der Waals surface area contributed by atoms with Crippen molar-refractivity contribution >= 4 is 5.97 Å². The SMILES string of the molecule is O=C(O)[C@@H]1CCCN1.c1cc[nH]c1. The van der Waals surface area contributed by atoms with Gasteiger partial charge in [0, 0.05) is 12.4 Å². The number of aromatic amines is 1. The molecule has 0 aromatic carbocycles. The zero-order chi connectivity index (χ0) is 9.52. The normalized spacial score (nSPS) is 20.5. The lowest BCUT2D eigenvalue weighted by Crippen LogP contribution is -2.29.